The maximum Gasteiger partial charge on any atom is 0.0461 e. The molecule has 2 nitrogen and oxygen atoms in total. The average Bonchev–Trinajstić information content (AvgIpc) is 2.05. The van der Waals surface area contributed by atoms with Crippen LogP contribution in [0.4, 0.5) is 0 Å². The van der Waals surface area contributed by atoms with Gasteiger partial charge in [0.15, 0.2) is 0 Å². The van der Waals surface area contributed by atoms with Crippen LogP contribution in [0.15, 0.2) is 0 Å². The van der Waals surface area contributed by atoms with Crippen LogP contribution >= 0.6 is 0 Å². The van der Waals surface area contributed by atoms with Gasteiger partial charge in [-0.2, -0.15) is 0 Å². The highest BCUT2D eigenvalue weighted by molar-refractivity contribution is 4.66. The number of hydrogen-bond donors (Lipinski definition) is 2. The predicted octanol–water partition coefficient (Wildman–Crippen LogP) is 1.41. The first-order valence-electron chi connectivity index (χ1n) is 4.51. The van der Waals surface area contributed by atoms with Crippen LogP contribution in [0.2, 0.25) is 0 Å². The van der Waals surface area contributed by atoms with E-state index in [1.165, 1.54) is 0 Å². The van der Waals surface area contributed by atoms with Gasteiger partial charge in [0.05, 0.1) is 0 Å². The highest BCUT2D eigenvalue weighted by atomic mass is 16.3. The summed E-state index contributed by atoms with van der Waals surface area (Å²) in [5.41, 5.74) is 0. The van der Waals surface area contributed by atoms with Crippen LogP contribution in [0.25, 0.3) is 0 Å². The van der Waals surface area contributed by atoms with Crippen LogP contribution in [0, 0.1) is 11.8 Å². The van der Waals surface area contributed by atoms with Crippen molar-refractivity contribution < 1.29 is 10.2 Å². The molecule has 0 saturated heterocycles. The monoisotopic (exact) mass is 160 g/mol. The van der Waals surface area contributed by atoms with Crippen molar-refractivity contribution in [3.8, 4) is 0 Å². The predicted molar refractivity (Wildman–Crippen MR) is 46.4 cm³/mol. The molecule has 0 aromatic rings. The standard InChI is InChI=1S/C9H20O2/c1-3-8(5-6-10)9(4-2)7-11/h8-11H,3-7H2,1-2H3. The van der Waals surface area contributed by atoms with Gasteiger partial charge in [0.25, 0.3) is 0 Å². The largest absolute Gasteiger partial charge is 0.396 e. The lowest BCUT2D eigenvalue weighted by atomic mass is 9.86. The molecule has 0 fully saturated rings. The summed E-state index contributed by atoms with van der Waals surface area (Å²) in [6.07, 6.45) is 2.89. The van der Waals surface area contributed by atoms with Gasteiger partial charge in [0.1, 0.15) is 0 Å². The number of aliphatic hydroxyl groups excluding tert-OH is 2. The second-order valence-corrected chi connectivity index (χ2v) is 3.03. The van der Waals surface area contributed by atoms with Crippen molar-refractivity contribution in [3.05, 3.63) is 0 Å². The van der Waals surface area contributed by atoms with Gasteiger partial charge in [-0.15, -0.1) is 0 Å². The van der Waals surface area contributed by atoms with E-state index in [1.54, 1.807) is 0 Å². The maximum atomic E-state index is 8.97. The van der Waals surface area contributed by atoms with Crippen LogP contribution in [0.1, 0.15) is 33.1 Å². The summed E-state index contributed by atoms with van der Waals surface area (Å²) in [7, 11) is 0. The summed E-state index contributed by atoms with van der Waals surface area (Å²) < 4.78 is 0. The molecule has 2 N–H and O–H groups in total. The highest BCUT2D eigenvalue weighted by Gasteiger charge is 2.16. The Morgan fingerprint density at radius 1 is 1.00 bits per heavy atom. The minimum atomic E-state index is 0.245. The molecule has 0 bridgehead atoms. The molecule has 0 rings (SSSR count). The molecule has 0 heterocycles. The first kappa shape index (κ1) is 10.9. The highest BCUT2D eigenvalue weighted by Crippen LogP contribution is 2.21. The Morgan fingerprint density at radius 2 is 1.55 bits per heavy atom. The Hall–Kier alpha value is -0.0800. The molecule has 0 aromatic carbocycles. The molecule has 2 heteroatoms. The molecule has 0 aliphatic carbocycles. The van der Waals surface area contributed by atoms with Crippen LogP contribution in [-0.4, -0.2) is 23.4 Å². The van der Waals surface area contributed by atoms with E-state index in [-0.39, 0.29) is 13.2 Å². The molecule has 11 heavy (non-hydrogen) atoms. The Kier molecular flexibility index (Phi) is 6.57. The number of rotatable bonds is 6. The van der Waals surface area contributed by atoms with Crippen LogP contribution in [-0.2, 0) is 0 Å². The van der Waals surface area contributed by atoms with Gasteiger partial charge in [-0.1, -0.05) is 26.7 Å². The molecule has 0 amide bonds. The Balaban J connectivity index is 3.76. The smallest absolute Gasteiger partial charge is 0.0461 e. The third-order valence-corrected chi connectivity index (χ3v) is 2.45. The molecule has 0 radical (unpaired) electrons. The van der Waals surface area contributed by atoms with Gasteiger partial charge in [0.2, 0.25) is 0 Å². The molecule has 2 atom stereocenters. The van der Waals surface area contributed by atoms with Gasteiger partial charge >= 0.3 is 0 Å². The normalized spacial score (nSPS) is 16.4. The fraction of sp³-hybridized carbons (Fsp3) is 1.00. The number of aliphatic hydroxyl groups is 2. The lowest BCUT2D eigenvalue weighted by molar-refractivity contribution is 0.142. The van der Waals surface area contributed by atoms with Gasteiger partial charge < -0.3 is 10.2 Å². The summed E-state index contributed by atoms with van der Waals surface area (Å²) in [5.74, 6) is 0.877. The van der Waals surface area contributed by atoms with Crippen molar-refractivity contribution in [2.75, 3.05) is 13.2 Å². The van der Waals surface area contributed by atoms with Crippen molar-refractivity contribution in [2.45, 2.75) is 33.1 Å². The van der Waals surface area contributed by atoms with E-state index in [4.69, 9.17) is 10.2 Å². The quantitative estimate of drug-likeness (QED) is 0.617. The number of hydrogen-bond acceptors (Lipinski definition) is 2. The van der Waals surface area contributed by atoms with E-state index >= 15 is 0 Å². The Bertz CT molecular complexity index is 79.6. The SMILES string of the molecule is CCC(CO)C(CC)CCO. The fourth-order valence-electron chi connectivity index (χ4n) is 1.55. The van der Waals surface area contributed by atoms with E-state index in [0.717, 1.165) is 19.3 Å². The molecule has 0 spiro atoms. The molecule has 2 unspecified atom stereocenters. The molecule has 0 saturated carbocycles. The summed E-state index contributed by atoms with van der Waals surface area (Å²) in [5, 5.41) is 17.7. The fourth-order valence-corrected chi connectivity index (χ4v) is 1.55. The molecule has 0 aliphatic rings. The van der Waals surface area contributed by atoms with Gasteiger partial charge in [-0.05, 0) is 18.3 Å². The molecule has 0 aromatic heterocycles. The van der Waals surface area contributed by atoms with Crippen molar-refractivity contribution >= 4 is 0 Å². The Morgan fingerprint density at radius 3 is 1.82 bits per heavy atom. The van der Waals surface area contributed by atoms with E-state index in [1.807, 2.05) is 0 Å². The van der Waals surface area contributed by atoms with E-state index < -0.39 is 0 Å². The van der Waals surface area contributed by atoms with Crippen LogP contribution < -0.4 is 0 Å². The van der Waals surface area contributed by atoms with Gasteiger partial charge in [0, 0.05) is 13.2 Å². The second kappa shape index (κ2) is 6.62. The van der Waals surface area contributed by atoms with Crippen molar-refractivity contribution in [2.24, 2.45) is 11.8 Å². The molecular weight excluding hydrogens is 140 g/mol. The van der Waals surface area contributed by atoms with Crippen molar-refractivity contribution in [1.82, 2.24) is 0 Å². The zero-order valence-corrected chi connectivity index (χ0v) is 7.58. The topological polar surface area (TPSA) is 40.5 Å². The summed E-state index contributed by atoms with van der Waals surface area (Å²) in [6.45, 7) is 4.70. The average molecular weight is 160 g/mol. The van der Waals surface area contributed by atoms with Gasteiger partial charge in [-0.3, -0.25) is 0 Å². The Labute approximate surface area is 69.2 Å². The van der Waals surface area contributed by atoms with Crippen LogP contribution in [0.3, 0.4) is 0 Å². The van der Waals surface area contributed by atoms with E-state index in [9.17, 15) is 0 Å². The maximum absolute atomic E-state index is 8.97. The zero-order chi connectivity index (χ0) is 8.69. The summed E-state index contributed by atoms with van der Waals surface area (Å²) >= 11 is 0. The molecule has 0 aliphatic heterocycles. The molecular formula is C9H20O2. The van der Waals surface area contributed by atoms with Crippen molar-refractivity contribution in [3.63, 3.8) is 0 Å². The second-order valence-electron chi connectivity index (χ2n) is 3.03. The zero-order valence-electron chi connectivity index (χ0n) is 7.58. The lowest BCUT2D eigenvalue weighted by Crippen LogP contribution is -2.18. The first-order chi connectivity index (χ1) is 5.29. The summed E-state index contributed by atoms with van der Waals surface area (Å²) in [4.78, 5) is 0. The van der Waals surface area contributed by atoms with Gasteiger partial charge in [-0.25, -0.2) is 0 Å². The minimum absolute atomic E-state index is 0.245. The third-order valence-electron chi connectivity index (χ3n) is 2.45. The van der Waals surface area contributed by atoms with Crippen molar-refractivity contribution in [1.29, 1.82) is 0 Å². The first-order valence-corrected chi connectivity index (χ1v) is 4.51. The van der Waals surface area contributed by atoms with Crippen LogP contribution in [0.5, 0.6) is 0 Å². The molecule has 68 valence electrons. The lowest BCUT2D eigenvalue weighted by Gasteiger charge is -2.22. The van der Waals surface area contributed by atoms with E-state index in [0.29, 0.717) is 11.8 Å². The summed E-state index contributed by atoms with van der Waals surface area (Å²) in [6, 6.07) is 0. The third kappa shape index (κ3) is 3.73. The van der Waals surface area contributed by atoms with E-state index in [2.05, 4.69) is 13.8 Å². The minimum Gasteiger partial charge on any atom is -0.396 e.